The third-order valence-electron chi connectivity index (χ3n) is 11.1. The third kappa shape index (κ3) is 3.85. The molecule has 0 atom stereocenters. The molecule has 0 radical (unpaired) electrons. The molecule has 2 aliphatic rings. The highest BCUT2D eigenvalue weighted by Gasteiger charge is 2.37. The highest BCUT2D eigenvalue weighted by atomic mass is 15.1. The van der Waals surface area contributed by atoms with Crippen LogP contribution in [-0.4, -0.2) is 0 Å². The Morgan fingerprint density at radius 1 is 0.521 bits per heavy atom. The number of hydrogen-bond acceptors (Lipinski definition) is 1. The van der Waals surface area contributed by atoms with Crippen molar-refractivity contribution in [1.29, 1.82) is 0 Å². The van der Waals surface area contributed by atoms with E-state index < -0.39 is 0 Å². The van der Waals surface area contributed by atoms with Crippen LogP contribution >= 0.6 is 0 Å². The Morgan fingerprint density at radius 2 is 1.23 bits per heavy atom. The quantitative estimate of drug-likeness (QED) is 0.179. The molecule has 8 aromatic carbocycles. The van der Waals surface area contributed by atoms with Crippen molar-refractivity contribution < 1.29 is 0 Å². The van der Waals surface area contributed by atoms with Crippen LogP contribution in [-0.2, 0) is 5.41 Å². The normalized spacial score (nSPS) is 15.1. The van der Waals surface area contributed by atoms with Gasteiger partial charge in [0.2, 0.25) is 0 Å². The smallest absolute Gasteiger partial charge is 0.0546 e. The first kappa shape index (κ1) is 27.5. The van der Waals surface area contributed by atoms with Crippen LogP contribution in [0.5, 0.6) is 0 Å². The summed E-state index contributed by atoms with van der Waals surface area (Å²) in [5, 5.41) is 12.8. The molecular formula is C47H35N. The summed E-state index contributed by atoms with van der Waals surface area (Å²) in [6.45, 7) is 4.81. The van der Waals surface area contributed by atoms with Gasteiger partial charge in [-0.2, -0.15) is 0 Å². The van der Waals surface area contributed by atoms with E-state index in [1.165, 1.54) is 87.5 Å². The number of para-hydroxylation sites is 1. The molecule has 0 saturated heterocycles. The molecule has 0 saturated carbocycles. The number of fused-ring (bicyclic) bond motifs is 10. The van der Waals surface area contributed by atoms with E-state index in [4.69, 9.17) is 0 Å². The molecule has 0 unspecified atom stereocenters. The summed E-state index contributed by atoms with van der Waals surface area (Å²) >= 11 is 0. The molecule has 1 heteroatoms. The standard InChI is InChI=1S/C47H35N/c1-47(2)42-21-11-10-19-37(42)41-27-32-24-23-31-14-12-22-44(46(31)39(32)28-43(41)47)48(33-15-4-3-5-16-33)45-29-40-34-17-7-6-13-30(34)25-26-36(40)35-18-8-9-20-38(35)45/h3-9,11-18,20-29H,10,19H2,1-2H3. The van der Waals surface area contributed by atoms with Crippen LogP contribution in [0.25, 0.3) is 59.4 Å². The van der Waals surface area contributed by atoms with E-state index in [0.29, 0.717) is 0 Å². The monoisotopic (exact) mass is 613 g/mol. The fraction of sp³-hybridized carbons (Fsp3) is 0.106. The first-order chi connectivity index (χ1) is 23.6. The van der Waals surface area contributed by atoms with Gasteiger partial charge in [-0.15, -0.1) is 0 Å². The van der Waals surface area contributed by atoms with Gasteiger partial charge in [0, 0.05) is 21.9 Å². The van der Waals surface area contributed by atoms with Crippen molar-refractivity contribution >= 4 is 76.5 Å². The van der Waals surface area contributed by atoms with Gasteiger partial charge in [-0.1, -0.05) is 129 Å². The molecule has 10 rings (SSSR count). The molecule has 48 heavy (non-hydrogen) atoms. The van der Waals surface area contributed by atoms with Crippen LogP contribution in [0.2, 0.25) is 0 Å². The number of nitrogens with zero attached hydrogens (tertiary/aromatic N) is 1. The summed E-state index contributed by atoms with van der Waals surface area (Å²) < 4.78 is 0. The number of allylic oxidation sites excluding steroid dienone is 4. The van der Waals surface area contributed by atoms with E-state index in [1.54, 1.807) is 0 Å². The fourth-order valence-electron chi connectivity index (χ4n) is 8.78. The highest BCUT2D eigenvalue weighted by Crippen LogP contribution is 2.52. The third-order valence-corrected chi connectivity index (χ3v) is 11.1. The topological polar surface area (TPSA) is 3.24 Å². The number of benzene rings is 8. The molecule has 0 N–H and O–H groups in total. The van der Waals surface area contributed by atoms with Crippen LogP contribution in [0.4, 0.5) is 17.1 Å². The molecule has 0 bridgehead atoms. The lowest BCUT2D eigenvalue weighted by Gasteiger charge is -2.29. The number of anilines is 3. The summed E-state index contributed by atoms with van der Waals surface area (Å²) in [5.41, 5.74) is 9.42. The molecule has 0 heterocycles. The predicted molar refractivity (Wildman–Crippen MR) is 207 cm³/mol. The number of rotatable bonds is 3. The van der Waals surface area contributed by atoms with Gasteiger partial charge in [-0.05, 0) is 115 Å². The van der Waals surface area contributed by atoms with Crippen molar-refractivity contribution in [2.75, 3.05) is 4.90 Å². The van der Waals surface area contributed by atoms with Crippen molar-refractivity contribution in [3.8, 4) is 0 Å². The Hall–Kier alpha value is -5.66. The minimum atomic E-state index is -0.0262. The molecule has 1 nitrogen and oxygen atoms in total. The average Bonchev–Trinajstić information content (AvgIpc) is 3.36. The maximum atomic E-state index is 2.53. The van der Waals surface area contributed by atoms with Gasteiger partial charge >= 0.3 is 0 Å². The molecule has 0 fully saturated rings. The van der Waals surface area contributed by atoms with Crippen molar-refractivity contribution in [1.82, 2.24) is 0 Å². The minimum absolute atomic E-state index is 0.0262. The van der Waals surface area contributed by atoms with E-state index >= 15 is 0 Å². The van der Waals surface area contributed by atoms with Gasteiger partial charge in [-0.3, -0.25) is 0 Å². The molecule has 8 aromatic rings. The Balaban J connectivity index is 1.32. The van der Waals surface area contributed by atoms with Gasteiger partial charge in [0.1, 0.15) is 0 Å². The first-order valence-corrected chi connectivity index (χ1v) is 17.2. The second kappa shape index (κ2) is 10.2. The summed E-state index contributed by atoms with van der Waals surface area (Å²) in [7, 11) is 0. The van der Waals surface area contributed by atoms with E-state index in [0.717, 1.165) is 18.5 Å². The lowest BCUT2D eigenvalue weighted by atomic mass is 9.79. The lowest BCUT2D eigenvalue weighted by molar-refractivity contribution is 0.652. The second-order valence-electron chi connectivity index (χ2n) is 14.0. The zero-order valence-electron chi connectivity index (χ0n) is 27.3. The molecule has 0 aliphatic heterocycles. The van der Waals surface area contributed by atoms with Crippen LogP contribution < -0.4 is 4.90 Å². The van der Waals surface area contributed by atoms with E-state index in [1.807, 2.05) is 0 Å². The van der Waals surface area contributed by atoms with E-state index in [-0.39, 0.29) is 5.41 Å². The Labute approximate surface area is 281 Å². The molecule has 2 aliphatic carbocycles. The zero-order valence-corrected chi connectivity index (χ0v) is 27.3. The maximum Gasteiger partial charge on any atom is 0.0546 e. The second-order valence-corrected chi connectivity index (χ2v) is 14.0. The molecule has 0 aromatic heterocycles. The van der Waals surface area contributed by atoms with Gasteiger partial charge < -0.3 is 4.90 Å². The SMILES string of the molecule is CC1(C)C2=C(CCC=C2)c2cc3ccc4cccc(N(c5ccccc5)c5cc6c7ccccc7ccc6c6ccccc56)c4c3cc21. The molecule has 0 spiro atoms. The van der Waals surface area contributed by atoms with Crippen molar-refractivity contribution in [3.05, 3.63) is 168 Å². The summed E-state index contributed by atoms with van der Waals surface area (Å²) in [6.07, 6.45) is 6.99. The van der Waals surface area contributed by atoms with E-state index in [9.17, 15) is 0 Å². The van der Waals surface area contributed by atoms with Crippen molar-refractivity contribution in [3.63, 3.8) is 0 Å². The number of hydrogen-bond donors (Lipinski definition) is 0. The maximum absolute atomic E-state index is 2.53. The molecular weight excluding hydrogens is 579 g/mol. The zero-order chi connectivity index (χ0) is 32.0. The summed E-state index contributed by atoms with van der Waals surface area (Å²) in [6, 6.07) is 52.1. The lowest BCUT2D eigenvalue weighted by Crippen LogP contribution is -2.16. The van der Waals surface area contributed by atoms with Gasteiger partial charge in [0.25, 0.3) is 0 Å². The van der Waals surface area contributed by atoms with Crippen LogP contribution in [0, 0.1) is 0 Å². The highest BCUT2D eigenvalue weighted by molar-refractivity contribution is 6.23. The summed E-state index contributed by atoms with van der Waals surface area (Å²) in [5.74, 6) is 0. The Kier molecular flexibility index (Phi) is 5.82. The summed E-state index contributed by atoms with van der Waals surface area (Å²) in [4.78, 5) is 2.51. The van der Waals surface area contributed by atoms with Crippen LogP contribution in [0.3, 0.4) is 0 Å². The first-order valence-electron chi connectivity index (χ1n) is 17.2. The largest absolute Gasteiger partial charge is 0.309 e. The average molecular weight is 614 g/mol. The Bertz CT molecular complexity index is 2690. The van der Waals surface area contributed by atoms with Gasteiger partial charge in [-0.25, -0.2) is 0 Å². The molecule has 0 amide bonds. The van der Waals surface area contributed by atoms with Crippen LogP contribution in [0.1, 0.15) is 37.8 Å². The minimum Gasteiger partial charge on any atom is -0.309 e. The Morgan fingerprint density at radius 3 is 2.10 bits per heavy atom. The van der Waals surface area contributed by atoms with Crippen molar-refractivity contribution in [2.24, 2.45) is 0 Å². The van der Waals surface area contributed by atoms with Crippen LogP contribution in [0.15, 0.2) is 157 Å². The van der Waals surface area contributed by atoms with Crippen molar-refractivity contribution in [2.45, 2.75) is 32.1 Å². The van der Waals surface area contributed by atoms with E-state index in [2.05, 4.69) is 170 Å². The van der Waals surface area contributed by atoms with Gasteiger partial charge in [0.15, 0.2) is 0 Å². The van der Waals surface area contributed by atoms with Gasteiger partial charge in [0.05, 0.1) is 11.4 Å². The predicted octanol–water partition coefficient (Wildman–Crippen LogP) is 13.3. The fourth-order valence-corrected chi connectivity index (χ4v) is 8.78. The molecule has 228 valence electrons.